The first-order valence-electron chi connectivity index (χ1n) is 5.84. The minimum atomic E-state index is -0.204. The van der Waals surface area contributed by atoms with Gasteiger partial charge >= 0.3 is 0 Å². The Morgan fingerprint density at radius 2 is 2.06 bits per heavy atom. The van der Waals surface area contributed by atoms with Gasteiger partial charge in [-0.2, -0.15) is 0 Å². The normalized spacial score (nSPS) is 10.9. The predicted octanol–water partition coefficient (Wildman–Crippen LogP) is 4.11. The van der Waals surface area contributed by atoms with Gasteiger partial charge < -0.3 is 0 Å². The molecule has 0 saturated heterocycles. The van der Waals surface area contributed by atoms with E-state index in [1.807, 2.05) is 18.2 Å². The topological polar surface area (TPSA) is 12.9 Å². The Hall–Kier alpha value is -1.44. The summed E-state index contributed by atoms with van der Waals surface area (Å²) in [5.74, 6) is -0.204. The molecule has 2 rings (SSSR count). The zero-order chi connectivity index (χ0) is 11.4. The summed E-state index contributed by atoms with van der Waals surface area (Å²) in [4.78, 5) is 3.87. The van der Waals surface area contributed by atoms with Gasteiger partial charge in [-0.3, -0.25) is 4.98 Å². The fraction of sp³-hybridized carbons (Fsp3) is 0.357. The van der Waals surface area contributed by atoms with Gasteiger partial charge in [-0.1, -0.05) is 38.0 Å². The van der Waals surface area contributed by atoms with Crippen LogP contribution in [-0.4, -0.2) is 4.98 Å². The molecule has 2 heteroatoms. The Kier molecular flexibility index (Phi) is 3.50. The number of unbranched alkanes of at least 4 members (excludes halogenated alkanes) is 2. The molecule has 2 aromatic rings. The van der Waals surface area contributed by atoms with Gasteiger partial charge in [0.05, 0.1) is 6.20 Å². The van der Waals surface area contributed by atoms with E-state index in [2.05, 4.69) is 11.9 Å². The van der Waals surface area contributed by atoms with E-state index in [0.717, 1.165) is 29.2 Å². The van der Waals surface area contributed by atoms with Crippen molar-refractivity contribution in [3.05, 3.63) is 42.0 Å². The molecule has 1 aromatic carbocycles. The second-order valence-electron chi connectivity index (χ2n) is 4.09. The second kappa shape index (κ2) is 5.06. The number of nitrogens with zero attached hydrogens (tertiary/aromatic N) is 1. The van der Waals surface area contributed by atoms with E-state index in [-0.39, 0.29) is 5.82 Å². The van der Waals surface area contributed by atoms with Gasteiger partial charge in [0.25, 0.3) is 0 Å². The van der Waals surface area contributed by atoms with E-state index in [1.54, 1.807) is 6.20 Å². The first kappa shape index (κ1) is 11.1. The number of aromatic nitrogens is 1. The molecule has 0 aliphatic heterocycles. The lowest BCUT2D eigenvalue weighted by molar-refractivity contribution is 0.631. The number of hydrogen-bond acceptors (Lipinski definition) is 1. The summed E-state index contributed by atoms with van der Waals surface area (Å²) >= 11 is 0. The van der Waals surface area contributed by atoms with E-state index in [4.69, 9.17) is 0 Å². The highest BCUT2D eigenvalue weighted by atomic mass is 19.1. The van der Waals surface area contributed by atoms with Crippen LogP contribution in [0.1, 0.15) is 31.7 Å². The maximum Gasteiger partial charge on any atom is 0.149 e. The van der Waals surface area contributed by atoms with Crippen LogP contribution in [0.15, 0.2) is 30.6 Å². The SMILES string of the molecule is CCCCCc1cccc2cncc(F)c12. The second-order valence-corrected chi connectivity index (χ2v) is 4.09. The summed E-state index contributed by atoms with van der Waals surface area (Å²) in [5, 5.41) is 1.64. The number of fused-ring (bicyclic) bond motifs is 1. The van der Waals surface area contributed by atoms with Gasteiger partial charge in [0, 0.05) is 17.0 Å². The molecule has 0 atom stereocenters. The molecule has 0 N–H and O–H groups in total. The van der Waals surface area contributed by atoms with Crippen molar-refractivity contribution in [2.45, 2.75) is 32.6 Å². The number of hydrogen-bond donors (Lipinski definition) is 0. The van der Waals surface area contributed by atoms with Crippen LogP contribution in [0.25, 0.3) is 10.8 Å². The van der Waals surface area contributed by atoms with Crippen LogP contribution >= 0.6 is 0 Å². The van der Waals surface area contributed by atoms with Crippen LogP contribution in [0, 0.1) is 5.82 Å². The van der Waals surface area contributed by atoms with Gasteiger partial charge in [-0.25, -0.2) is 4.39 Å². The van der Waals surface area contributed by atoms with Crippen LogP contribution in [0.3, 0.4) is 0 Å². The average molecular weight is 217 g/mol. The van der Waals surface area contributed by atoms with Gasteiger partial charge in [0.1, 0.15) is 5.82 Å². The summed E-state index contributed by atoms with van der Waals surface area (Å²) in [6.45, 7) is 2.17. The average Bonchev–Trinajstić information content (AvgIpc) is 2.30. The Morgan fingerprint density at radius 1 is 1.19 bits per heavy atom. The molecule has 84 valence electrons. The number of rotatable bonds is 4. The highest BCUT2D eigenvalue weighted by Gasteiger charge is 2.05. The Morgan fingerprint density at radius 3 is 2.88 bits per heavy atom. The molecule has 0 radical (unpaired) electrons. The molecule has 0 saturated carbocycles. The van der Waals surface area contributed by atoms with E-state index < -0.39 is 0 Å². The predicted molar refractivity (Wildman–Crippen MR) is 64.9 cm³/mol. The monoisotopic (exact) mass is 217 g/mol. The third-order valence-electron chi connectivity index (χ3n) is 2.87. The largest absolute Gasteiger partial charge is 0.261 e. The smallest absolute Gasteiger partial charge is 0.149 e. The molecule has 1 aromatic heterocycles. The van der Waals surface area contributed by atoms with Crippen molar-refractivity contribution < 1.29 is 4.39 Å². The minimum absolute atomic E-state index is 0.204. The Balaban J connectivity index is 2.37. The van der Waals surface area contributed by atoms with E-state index in [9.17, 15) is 4.39 Å². The van der Waals surface area contributed by atoms with Gasteiger partial charge in [0.2, 0.25) is 0 Å². The van der Waals surface area contributed by atoms with Gasteiger partial charge in [-0.15, -0.1) is 0 Å². The van der Waals surface area contributed by atoms with Crippen molar-refractivity contribution in [2.24, 2.45) is 0 Å². The fourth-order valence-electron chi connectivity index (χ4n) is 2.04. The first-order valence-corrected chi connectivity index (χ1v) is 5.84. The molecule has 1 heterocycles. The molecular weight excluding hydrogens is 201 g/mol. The van der Waals surface area contributed by atoms with Crippen molar-refractivity contribution in [3.63, 3.8) is 0 Å². The molecule has 0 bridgehead atoms. The molecule has 0 unspecified atom stereocenters. The third-order valence-corrected chi connectivity index (χ3v) is 2.87. The quantitative estimate of drug-likeness (QED) is 0.702. The summed E-state index contributed by atoms with van der Waals surface area (Å²) in [5.41, 5.74) is 1.10. The third kappa shape index (κ3) is 2.21. The van der Waals surface area contributed by atoms with Crippen LogP contribution in [-0.2, 0) is 6.42 Å². The van der Waals surface area contributed by atoms with Crippen molar-refractivity contribution in [1.29, 1.82) is 0 Å². The maximum atomic E-state index is 13.7. The van der Waals surface area contributed by atoms with Crippen LogP contribution in [0.2, 0.25) is 0 Å². The number of halogens is 1. The summed E-state index contributed by atoms with van der Waals surface area (Å²) in [6, 6.07) is 5.90. The highest BCUT2D eigenvalue weighted by Crippen LogP contribution is 2.22. The molecule has 16 heavy (non-hydrogen) atoms. The summed E-state index contributed by atoms with van der Waals surface area (Å²) < 4.78 is 13.7. The lowest BCUT2D eigenvalue weighted by atomic mass is 10.0. The van der Waals surface area contributed by atoms with Crippen LogP contribution in [0.5, 0.6) is 0 Å². The van der Waals surface area contributed by atoms with Crippen molar-refractivity contribution in [2.75, 3.05) is 0 Å². The molecule has 0 aliphatic rings. The Bertz CT molecular complexity index is 474. The standard InChI is InChI=1S/C14H16FN/c1-2-3-4-6-11-7-5-8-12-9-16-10-13(15)14(11)12/h5,7-10H,2-4,6H2,1H3. The molecule has 0 amide bonds. The molecule has 1 nitrogen and oxygen atoms in total. The number of aryl methyl sites for hydroxylation is 1. The van der Waals surface area contributed by atoms with E-state index in [1.165, 1.54) is 19.0 Å². The molecule has 0 spiro atoms. The van der Waals surface area contributed by atoms with Crippen molar-refractivity contribution in [1.82, 2.24) is 4.98 Å². The van der Waals surface area contributed by atoms with Crippen molar-refractivity contribution in [3.8, 4) is 0 Å². The number of benzene rings is 1. The van der Waals surface area contributed by atoms with Crippen LogP contribution < -0.4 is 0 Å². The molecule has 0 fully saturated rings. The molecule has 0 aliphatic carbocycles. The fourth-order valence-corrected chi connectivity index (χ4v) is 2.04. The van der Waals surface area contributed by atoms with Crippen molar-refractivity contribution >= 4 is 10.8 Å². The van der Waals surface area contributed by atoms with E-state index >= 15 is 0 Å². The lowest BCUT2D eigenvalue weighted by Gasteiger charge is -2.06. The van der Waals surface area contributed by atoms with Gasteiger partial charge in [0.15, 0.2) is 0 Å². The van der Waals surface area contributed by atoms with Crippen LogP contribution in [0.4, 0.5) is 4.39 Å². The highest BCUT2D eigenvalue weighted by molar-refractivity contribution is 5.85. The maximum absolute atomic E-state index is 13.7. The zero-order valence-corrected chi connectivity index (χ0v) is 9.54. The summed E-state index contributed by atoms with van der Waals surface area (Å²) in [6.07, 6.45) is 7.48. The first-order chi connectivity index (χ1) is 7.83. The molecular formula is C14H16FN. The number of pyridine rings is 1. The van der Waals surface area contributed by atoms with E-state index in [0.29, 0.717) is 0 Å². The Labute approximate surface area is 95.3 Å². The minimum Gasteiger partial charge on any atom is -0.261 e. The van der Waals surface area contributed by atoms with Gasteiger partial charge in [-0.05, 0) is 18.4 Å². The lowest BCUT2D eigenvalue weighted by Crippen LogP contribution is -1.91. The summed E-state index contributed by atoms with van der Waals surface area (Å²) in [7, 11) is 0. The zero-order valence-electron chi connectivity index (χ0n) is 9.54.